The summed E-state index contributed by atoms with van der Waals surface area (Å²) in [5, 5.41) is 2.97. The maximum Gasteiger partial charge on any atom is 0.260 e. The number of methoxy groups -OCH3 is 1. The smallest absolute Gasteiger partial charge is 0.260 e. The molecule has 1 aromatic heterocycles. The number of ether oxygens (including phenoxy) is 1. The van der Waals surface area contributed by atoms with Crippen LogP contribution in [-0.2, 0) is 0 Å². The second-order valence-electron chi connectivity index (χ2n) is 3.72. The zero-order chi connectivity index (χ0) is 13.8. The van der Waals surface area contributed by atoms with Crippen molar-refractivity contribution < 1.29 is 9.53 Å². The molecule has 3 N–H and O–H groups in total. The van der Waals surface area contributed by atoms with E-state index in [2.05, 4.69) is 10.3 Å². The van der Waals surface area contributed by atoms with Gasteiger partial charge in [-0.3, -0.25) is 4.79 Å². The highest BCUT2D eigenvalue weighted by atomic mass is 35.5. The van der Waals surface area contributed by atoms with Gasteiger partial charge in [0.2, 0.25) is 0 Å². The summed E-state index contributed by atoms with van der Waals surface area (Å²) in [6, 6.07) is 8.26. The van der Waals surface area contributed by atoms with Gasteiger partial charge in [0.25, 0.3) is 5.91 Å². The molecular weight excluding hydrogens is 266 g/mol. The lowest BCUT2D eigenvalue weighted by molar-refractivity contribution is 0.102. The lowest BCUT2D eigenvalue weighted by Crippen LogP contribution is -2.15. The summed E-state index contributed by atoms with van der Waals surface area (Å²) in [7, 11) is 1.45. The molecule has 0 radical (unpaired) electrons. The second-order valence-corrected chi connectivity index (χ2v) is 4.12. The van der Waals surface area contributed by atoms with Gasteiger partial charge in [0.15, 0.2) is 11.6 Å². The molecule has 98 valence electrons. The molecule has 0 bridgehead atoms. The van der Waals surface area contributed by atoms with Gasteiger partial charge in [-0.15, -0.1) is 0 Å². The highest BCUT2D eigenvalue weighted by Crippen LogP contribution is 2.27. The summed E-state index contributed by atoms with van der Waals surface area (Å²) in [5.41, 5.74) is 6.46. The number of para-hydroxylation sites is 1. The van der Waals surface area contributed by atoms with Crippen molar-refractivity contribution in [3.05, 3.63) is 47.1 Å². The summed E-state index contributed by atoms with van der Waals surface area (Å²) < 4.78 is 5.13. The third-order valence-electron chi connectivity index (χ3n) is 2.48. The topological polar surface area (TPSA) is 77.2 Å². The van der Waals surface area contributed by atoms with Crippen molar-refractivity contribution >= 4 is 29.0 Å². The maximum atomic E-state index is 12.2. The maximum absolute atomic E-state index is 12.2. The molecule has 1 amide bonds. The number of nitrogens with one attached hydrogen (secondary N) is 1. The second kappa shape index (κ2) is 5.58. The summed E-state index contributed by atoms with van der Waals surface area (Å²) in [6.07, 6.45) is 1.54. The van der Waals surface area contributed by atoms with Crippen LogP contribution < -0.4 is 15.8 Å². The van der Waals surface area contributed by atoms with Crippen molar-refractivity contribution in [2.75, 3.05) is 18.2 Å². The number of benzene rings is 1. The molecular formula is C13H12ClN3O2. The average Bonchev–Trinajstić information content (AvgIpc) is 2.41. The highest BCUT2D eigenvalue weighted by molar-refractivity contribution is 6.33. The number of halogens is 1. The molecule has 19 heavy (non-hydrogen) atoms. The van der Waals surface area contributed by atoms with Gasteiger partial charge in [-0.1, -0.05) is 17.7 Å². The Morgan fingerprint density at radius 1 is 1.37 bits per heavy atom. The third-order valence-corrected chi connectivity index (χ3v) is 2.79. The minimum atomic E-state index is -0.384. The van der Waals surface area contributed by atoms with E-state index in [0.717, 1.165) is 0 Å². The number of hydrogen-bond acceptors (Lipinski definition) is 4. The van der Waals surface area contributed by atoms with Crippen molar-refractivity contribution in [3.63, 3.8) is 0 Å². The van der Waals surface area contributed by atoms with Crippen LogP contribution in [0.4, 0.5) is 11.5 Å². The van der Waals surface area contributed by atoms with Crippen LogP contribution in [0.25, 0.3) is 0 Å². The summed E-state index contributed by atoms with van der Waals surface area (Å²) in [5.74, 6) is 0.232. The molecule has 2 rings (SSSR count). The number of amides is 1. The van der Waals surface area contributed by atoms with Crippen LogP contribution in [0, 0.1) is 0 Å². The molecule has 0 atom stereocenters. The lowest BCUT2D eigenvalue weighted by Gasteiger charge is -2.11. The molecule has 1 aromatic carbocycles. The number of aromatic nitrogens is 1. The molecule has 0 spiro atoms. The highest BCUT2D eigenvalue weighted by Gasteiger charge is 2.15. The van der Waals surface area contributed by atoms with Crippen molar-refractivity contribution in [3.8, 4) is 5.75 Å². The standard InChI is InChI=1S/C13H12ClN3O2/c1-19-11-8(4-2-6-10(11)15)13(18)17-12-9(14)5-3-7-16-12/h2-7H,15H2,1H3,(H,16,17,18). The van der Waals surface area contributed by atoms with Crippen LogP contribution in [0.15, 0.2) is 36.5 Å². The molecule has 0 saturated carbocycles. The molecule has 0 aliphatic carbocycles. The van der Waals surface area contributed by atoms with E-state index in [4.69, 9.17) is 22.1 Å². The van der Waals surface area contributed by atoms with E-state index in [9.17, 15) is 4.79 Å². The van der Waals surface area contributed by atoms with Gasteiger partial charge in [0.05, 0.1) is 23.4 Å². The third kappa shape index (κ3) is 2.77. The number of carbonyl (C=O) groups excluding carboxylic acids is 1. The molecule has 1 heterocycles. The van der Waals surface area contributed by atoms with Crippen LogP contribution in [0.5, 0.6) is 5.75 Å². The van der Waals surface area contributed by atoms with Gasteiger partial charge in [0.1, 0.15) is 0 Å². The first-order valence-corrected chi connectivity index (χ1v) is 5.85. The zero-order valence-electron chi connectivity index (χ0n) is 10.2. The SMILES string of the molecule is COc1c(N)cccc1C(=O)Nc1ncccc1Cl. The number of nitrogens with zero attached hydrogens (tertiary/aromatic N) is 1. The predicted molar refractivity (Wildman–Crippen MR) is 74.6 cm³/mol. The summed E-state index contributed by atoms with van der Waals surface area (Å²) in [6.45, 7) is 0. The minimum absolute atomic E-state index is 0.290. The molecule has 2 aromatic rings. The van der Waals surface area contributed by atoms with Crippen LogP contribution in [0.2, 0.25) is 5.02 Å². The summed E-state index contributed by atoms with van der Waals surface area (Å²) >= 11 is 5.93. The lowest BCUT2D eigenvalue weighted by atomic mass is 10.1. The van der Waals surface area contributed by atoms with Crippen molar-refractivity contribution in [2.45, 2.75) is 0 Å². The van der Waals surface area contributed by atoms with Crippen LogP contribution in [0.1, 0.15) is 10.4 Å². The number of nitrogen functional groups attached to an aromatic ring is 1. The molecule has 0 saturated heterocycles. The Morgan fingerprint density at radius 2 is 2.16 bits per heavy atom. The van der Waals surface area contributed by atoms with Gasteiger partial charge in [-0.25, -0.2) is 4.98 Å². The largest absolute Gasteiger partial charge is 0.494 e. The monoisotopic (exact) mass is 277 g/mol. The normalized spacial score (nSPS) is 10.0. The van der Waals surface area contributed by atoms with E-state index in [1.807, 2.05) is 0 Å². The fourth-order valence-electron chi connectivity index (χ4n) is 1.61. The van der Waals surface area contributed by atoms with Gasteiger partial charge >= 0.3 is 0 Å². The molecule has 5 nitrogen and oxygen atoms in total. The Balaban J connectivity index is 2.31. The van der Waals surface area contributed by atoms with Gasteiger partial charge in [-0.05, 0) is 24.3 Å². The molecule has 6 heteroatoms. The number of hydrogen-bond donors (Lipinski definition) is 2. The van der Waals surface area contributed by atoms with E-state index in [1.165, 1.54) is 13.3 Å². The molecule has 0 aliphatic rings. The Kier molecular flexibility index (Phi) is 3.87. The van der Waals surface area contributed by atoms with E-state index >= 15 is 0 Å². The van der Waals surface area contributed by atoms with E-state index < -0.39 is 0 Å². The van der Waals surface area contributed by atoms with Gasteiger partial charge in [-0.2, -0.15) is 0 Å². The first-order chi connectivity index (χ1) is 9.13. The fraction of sp³-hybridized carbons (Fsp3) is 0.0769. The number of pyridine rings is 1. The molecule has 0 aliphatic heterocycles. The van der Waals surface area contributed by atoms with E-state index in [-0.39, 0.29) is 5.91 Å². The Labute approximate surface area is 115 Å². The Hall–Kier alpha value is -2.27. The van der Waals surface area contributed by atoms with Crippen molar-refractivity contribution in [2.24, 2.45) is 0 Å². The van der Waals surface area contributed by atoms with Gasteiger partial charge < -0.3 is 15.8 Å². The van der Waals surface area contributed by atoms with Gasteiger partial charge in [0, 0.05) is 6.20 Å². The first-order valence-electron chi connectivity index (χ1n) is 5.48. The van der Waals surface area contributed by atoms with Crippen molar-refractivity contribution in [1.82, 2.24) is 4.98 Å². The minimum Gasteiger partial charge on any atom is -0.494 e. The van der Waals surface area contributed by atoms with E-state index in [1.54, 1.807) is 30.3 Å². The van der Waals surface area contributed by atoms with Crippen LogP contribution in [-0.4, -0.2) is 18.0 Å². The fourth-order valence-corrected chi connectivity index (χ4v) is 1.78. The first kappa shape index (κ1) is 13.2. The Bertz CT molecular complexity index is 617. The Morgan fingerprint density at radius 3 is 2.84 bits per heavy atom. The van der Waals surface area contributed by atoms with Crippen LogP contribution >= 0.6 is 11.6 Å². The number of nitrogens with two attached hydrogens (primary N) is 1. The molecule has 0 fully saturated rings. The van der Waals surface area contributed by atoms with Crippen molar-refractivity contribution in [1.29, 1.82) is 0 Å². The number of rotatable bonds is 3. The average molecular weight is 278 g/mol. The quantitative estimate of drug-likeness (QED) is 0.846. The van der Waals surface area contributed by atoms with Crippen LogP contribution in [0.3, 0.4) is 0 Å². The predicted octanol–water partition coefficient (Wildman–Crippen LogP) is 2.58. The number of carbonyl (C=O) groups is 1. The zero-order valence-corrected chi connectivity index (χ0v) is 10.9. The summed E-state index contributed by atoms with van der Waals surface area (Å²) in [4.78, 5) is 16.1. The number of anilines is 2. The molecule has 0 unspecified atom stereocenters. The van der Waals surface area contributed by atoms with E-state index in [0.29, 0.717) is 27.8 Å².